The van der Waals surface area contributed by atoms with E-state index in [0.29, 0.717) is 12.6 Å². The van der Waals surface area contributed by atoms with Crippen LogP contribution in [0.1, 0.15) is 52.1 Å². The Labute approximate surface area is 211 Å². The first-order valence-electron chi connectivity index (χ1n) is 11.9. The molecule has 184 valence electrons. The van der Waals surface area contributed by atoms with Crippen molar-refractivity contribution in [2.75, 3.05) is 59.0 Å². The first kappa shape index (κ1) is 29.1. The van der Waals surface area contributed by atoms with E-state index in [1.165, 1.54) is 18.6 Å². The zero-order chi connectivity index (χ0) is 22.5. The molecule has 0 saturated carbocycles. The van der Waals surface area contributed by atoms with Crippen LogP contribution in [0.25, 0.3) is 0 Å². The monoisotopic (exact) mass is 563 g/mol. The number of rotatable bonds is 12. The second-order valence-corrected chi connectivity index (χ2v) is 8.15. The summed E-state index contributed by atoms with van der Waals surface area (Å²) >= 11 is 0. The Bertz CT molecular complexity index is 636. The van der Waals surface area contributed by atoms with Crippen LogP contribution in [0.3, 0.4) is 0 Å². The lowest BCUT2D eigenvalue weighted by molar-refractivity contribution is 0.0179. The van der Waals surface area contributed by atoms with Gasteiger partial charge in [-0.3, -0.25) is 9.89 Å². The summed E-state index contributed by atoms with van der Waals surface area (Å²) in [4.78, 5) is 9.76. The van der Waals surface area contributed by atoms with Gasteiger partial charge in [0.25, 0.3) is 0 Å². The van der Waals surface area contributed by atoms with E-state index in [4.69, 9.17) is 9.73 Å². The number of guanidine groups is 1. The molecule has 0 bridgehead atoms. The average Bonchev–Trinajstić information content (AvgIpc) is 2.79. The number of benzene rings is 1. The van der Waals surface area contributed by atoms with E-state index in [2.05, 4.69) is 48.1 Å². The number of hydrogen-bond donors (Lipinski definition) is 2. The number of hydrogen-bond acceptors (Lipinski definition) is 4. The molecule has 1 saturated heterocycles. The van der Waals surface area contributed by atoms with E-state index in [-0.39, 0.29) is 35.8 Å². The van der Waals surface area contributed by atoms with Crippen LogP contribution in [-0.4, -0.2) is 80.8 Å². The SMILES string of the molecule is CCNC(=NCC(c1ccc(F)cc1)N1CCOCC1)NC(C)CCCN(CC)CC.I. The molecular formula is C24H43FIN5O. The Morgan fingerprint density at radius 3 is 2.41 bits per heavy atom. The van der Waals surface area contributed by atoms with E-state index >= 15 is 0 Å². The molecule has 0 spiro atoms. The molecule has 1 aliphatic heterocycles. The number of nitrogens with one attached hydrogen (secondary N) is 2. The first-order valence-corrected chi connectivity index (χ1v) is 11.9. The lowest BCUT2D eigenvalue weighted by Gasteiger charge is -2.34. The summed E-state index contributed by atoms with van der Waals surface area (Å²) in [6.07, 6.45) is 2.27. The summed E-state index contributed by atoms with van der Waals surface area (Å²) in [7, 11) is 0. The molecule has 2 atom stereocenters. The Morgan fingerprint density at radius 1 is 1.16 bits per heavy atom. The molecule has 1 heterocycles. The van der Waals surface area contributed by atoms with Crippen LogP contribution >= 0.6 is 24.0 Å². The molecule has 1 aromatic carbocycles. The summed E-state index contributed by atoms with van der Waals surface area (Å²) in [6.45, 7) is 16.7. The number of ether oxygens (including phenoxy) is 1. The molecule has 1 aliphatic rings. The quantitative estimate of drug-likeness (QED) is 0.230. The zero-order valence-electron chi connectivity index (χ0n) is 20.3. The van der Waals surface area contributed by atoms with Crippen molar-refractivity contribution in [1.82, 2.24) is 20.4 Å². The summed E-state index contributed by atoms with van der Waals surface area (Å²) < 4.78 is 19.0. The lowest BCUT2D eigenvalue weighted by atomic mass is 10.0. The van der Waals surface area contributed by atoms with Crippen LogP contribution in [0.15, 0.2) is 29.3 Å². The normalized spacial score (nSPS) is 17.0. The lowest BCUT2D eigenvalue weighted by Crippen LogP contribution is -2.44. The molecule has 6 nitrogen and oxygen atoms in total. The molecule has 1 aromatic rings. The number of aliphatic imine (C=N–C) groups is 1. The molecule has 0 radical (unpaired) electrons. The van der Waals surface area contributed by atoms with Crippen LogP contribution in [-0.2, 0) is 4.74 Å². The van der Waals surface area contributed by atoms with Crippen molar-refractivity contribution in [3.63, 3.8) is 0 Å². The van der Waals surface area contributed by atoms with E-state index in [1.807, 2.05) is 12.1 Å². The number of nitrogens with zero attached hydrogens (tertiary/aromatic N) is 3. The largest absolute Gasteiger partial charge is 0.379 e. The van der Waals surface area contributed by atoms with Crippen molar-refractivity contribution >= 4 is 29.9 Å². The van der Waals surface area contributed by atoms with E-state index in [9.17, 15) is 4.39 Å². The second kappa shape index (κ2) is 16.6. The van der Waals surface area contributed by atoms with Gasteiger partial charge < -0.3 is 20.3 Å². The van der Waals surface area contributed by atoms with Gasteiger partial charge in [-0.15, -0.1) is 24.0 Å². The van der Waals surface area contributed by atoms with Gasteiger partial charge in [-0.1, -0.05) is 26.0 Å². The topological polar surface area (TPSA) is 52.1 Å². The highest BCUT2D eigenvalue weighted by atomic mass is 127. The maximum atomic E-state index is 13.5. The summed E-state index contributed by atoms with van der Waals surface area (Å²) in [6, 6.07) is 7.28. The summed E-state index contributed by atoms with van der Waals surface area (Å²) in [5.74, 6) is 0.639. The van der Waals surface area contributed by atoms with Gasteiger partial charge in [0.2, 0.25) is 0 Å². The van der Waals surface area contributed by atoms with Crippen molar-refractivity contribution in [1.29, 1.82) is 0 Å². The third kappa shape index (κ3) is 10.3. The number of halogens is 2. The van der Waals surface area contributed by atoms with Gasteiger partial charge in [0.05, 0.1) is 25.8 Å². The fourth-order valence-electron chi connectivity index (χ4n) is 3.97. The third-order valence-corrected chi connectivity index (χ3v) is 5.90. The summed E-state index contributed by atoms with van der Waals surface area (Å²) in [5, 5.41) is 6.94. The molecule has 0 aliphatic carbocycles. The molecule has 32 heavy (non-hydrogen) atoms. The molecular weight excluding hydrogens is 520 g/mol. The van der Waals surface area contributed by atoms with Crippen LogP contribution < -0.4 is 10.6 Å². The van der Waals surface area contributed by atoms with Crippen molar-refractivity contribution in [2.45, 2.75) is 52.6 Å². The first-order chi connectivity index (χ1) is 15.1. The molecule has 0 amide bonds. The van der Waals surface area contributed by atoms with E-state index in [1.54, 1.807) is 0 Å². The molecule has 8 heteroatoms. The van der Waals surface area contributed by atoms with Gasteiger partial charge in [0.1, 0.15) is 5.82 Å². The fraction of sp³-hybridized carbons (Fsp3) is 0.708. The predicted octanol–water partition coefficient (Wildman–Crippen LogP) is 3.88. The minimum Gasteiger partial charge on any atom is -0.379 e. The van der Waals surface area contributed by atoms with Crippen molar-refractivity contribution < 1.29 is 9.13 Å². The highest BCUT2D eigenvalue weighted by Crippen LogP contribution is 2.22. The molecule has 2 N–H and O–H groups in total. The molecule has 1 fully saturated rings. The van der Waals surface area contributed by atoms with Crippen LogP contribution in [0.5, 0.6) is 0 Å². The van der Waals surface area contributed by atoms with Crippen molar-refractivity contribution in [2.24, 2.45) is 4.99 Å². The summed E-state index contributed by atoms with van der Waals surface area (Å²) in [5.41, 5.74) is 1.09. The van der Waals surface area contributed by atoms with Gasteiger partial charge in [-0.05, 0) is 64.0 Å². The minimum atomic E-state index is -0.207. The van der Waals surface area contributed by atoms with E-state index in [0.717, 1.165) is 70.4 Å². The van der Waals surface area contributed by atoms with Gasteiger partial charge in [-0.25, -0.2) is 4.39 Å². The zero-order valence-corrected chi connectivity index (χ0v) is 22.6. The van der Waals surface area contributed by atoms with Gasteiger partial charge in [0, 0.05) is 25.7 Å². The van der Waals surface area contributed by atoms with Gasteiger partial charge in [0.15, 0.2) is 5.96 Å². The molecule has 2 rings (SSSR count). The Balaban J connectivity index is 0.00000512. The maximum Gasteiger partial charge on any atom is 0.191 e. The van der Waals surface area contributed by atoms with Crippen LogP contribution in [0, 0.1) is 5.82 Å². The van der Waals surface area contributed by atoms with Crippen LogP contribution in [0.4, 0.5) is 4.39 Å². The Morgan fingerprint density at radius 2 is 1.81 bits per heavy atom. The van der Waals surface area contributed by atoms with Gasteiger partial charge in [-0.2, -0.15) is 0 Å². The fourth-order valence-corrected chi connectivity index (χ4v) is 3.97. The average molecular weight is 564 g/mol. The number of morpholine rings is 1. The highest BCUT2D eigenvalue weighted by molar-refractivity contribution is 14.0. The maximum absolute atomic E-state index is 13.5. The predicted molar refractivity (Wildman–Crippen MR) is 143 cm³/mol. The van der Waals surface area contributed by atoms with E-state index < -0.39 is 0 Å². The molecule has 2 unspecified atom stereocenters. The molecule has 0 aromatic heterocycles. The third-order valence-electron chi connectivity index (χ3n) is 5.90. The smallest absolute Gasteiger partial charge is 0.191 e. The van der Waals surface area contributed by atoms with Crippen LogP contribution in [0.2, 0.25) is 0 Å². The Hall–Kier alpha value is -0.970. The standard InChI is InChI=1S/C24H42FN5O.HI/c1-5-26-24(28-20(4)9-8-14-29(6-2)7-3)27-19-23(30-15-17-31-18-16-30)21-10-12-22(25)13-11-21;/h10-13,20,23H,5-9,14-19H2,1-4H3,(H2,26,27,28);1H. The van der Waals surface area contributed by atoms with Gasteiger partial charge >= 0.3 is 0 Å². The Kier molecular flexibility index (Phi) is 15.1. The van der Waals surface area contributed by atoms with Crippen molar-refractivity contribution in [3.8, 4) is 0 Å². The minimum absolute atomic E-state index is 0. The highest BCUT2D eigenvalue weighted by Gasteiger charge is 2.23. The second-order valence-electron chi connectivity index (χ2n) is 8.15. The van der Waals surface area contributed by atoms with Crippen molar-refractivity contribution in [3.05, 3.63) is 35.6 Å².